The van der Waals surface area contributed by atoms with E-state index in [1.54, 1.807) is 11.1 Å². The van der Waals surface area contributed by atoms with Gasteiger partial charge in [0.05, 0.1) is 0 Å². The first-order valence-corrected chi connectivity index (χ1v) is 8.84. The largest absolute Gasteiger partial charge is 0.308 e. The molecule has 1 spiro atoms. The molecule has 1 aliphatic heterocycles. The van der Waals surface area contributed by atoms with Crippen LogP contribution >= 0.6 is 0 Å². The van der Waals surface area contributed by atoms with Crippen molar-refractivity contribution in [3.05, 3.63) is 34.9 Å². The number of nitrogens with one attached hydrogen (secondary N) is 1. The third-order valence-electron chi connectivity index (χ3n) is 6.01. The van der Waals surface area contributed by atoms with Gasteiger partial charge in [-0.1, -0.05) is 31.0 Å². The maximum atomic E-state index is 3.86. The third-order valence-corrected chi connectivity index (χ3v) is 6.01. The summed E-state index contributed by atoms with van der Waals surface area (Å²) in [6.07, 6.45) is 9.52. The van der Waals surface area contributed by atoms with Crippen molar-refractivity contribution in [2.24, 2.45) is 0 Å². The first-order chi connectivity index (χ1) is 10.2. The summed E-state index contributed by atoms with van der Waals surface area (Å²) in [4.78, 5) is 2.72. The van der Waals surface area contributed by atoms with E-state index in [1.165, 1.54) is 57.1 Å². The summed E-state index contributed by atoms with van der Waals surface area (Å²) >= 11 is 0. The third kappa shape index (κ3) is 2.64. The van der Waals surface area contributed by atoms with Crippen LogP contribution in [-0.4, -0.2) is 29.6 Å². The fraction of sp³-hybridized carbons (Fsp3) is 0.684. The highest BCUT2D eigenvalue weighted by Crippen LogP contribution is 2.34. The average molecular weight is 284 g/mol. The minimum absolute atomic E-state index is 0.434. The van der Waals surface area contributed by atoms with Gasteiger partial charge in [-0.25, -0.2) is 0 Å². The molecule has 1 atom stereocenters. The zero-order valence-electron chi connectivity index (χ0n) is 13.3. The topological polar surface area (TPSA) is 15.3 Å². The summed E-state index contributed by atoms with van der Waals surface area (Å²) in [5.41, 5.74) is 5.17. The molecule has 4 rings (SSSR count). The van der Waals surface area contributed by atoms with Crippen molar-refractivity contribution in [2.45, 2.75) is 70.0 Å². The van der Waals surface area contributed by atoms with Crippen LogP contribution in [0, 0.1) is 0 Å². The molecule has 2 nitrogen and oxygen atoms in total. The van der Waals surface area contributed by atoms with E-state index in [0.717, 1.165) is 13.1 Å². The highest BCUT2D eigenvalue weighted by Gasteiger charge is 2.39. The Labute approximate surface area is 128 Å². The van der Waals surface area contributed by atoms with Crippen LogP contribution in [0.2, 0.25) is 0 Å². The van der Waals surface area contributed by atoms with Crippen LogP contribution in [0.3, 0.4) is 0 Å². The van der Waals surface area contributed by atoms with E-state index in [0.29, 0.717) is 11.6 Å². The number of hydrogen-bond acceptors (Lipinski definition) is 2. The van der Waals surface area contributed by atoms with Crippen molar-refractivity contribution in [1.29, 1.82) is 0 Å². The molecule has 2 aliphatic carbocycles. The molecule has 0 aromatic heterocycles. The van der Waals surface area contributed by atoms with Crippen LogP contribution in [0.15, 0.2) is 18.2 Å². The summed E-state index contributed by atoms with van der Waals surface area (Å²) in [5.74, 6) is 0. The molecule has 1 saturated heterocycles. The van der Waals surface area contributed by atoms with Gasteiger partial charge in [0.15, 0.2) is 0 Å². The Bertz CT molecular complexity index is 516. The van der Waals surface area contributed by atoms with E-state index in [2.05, 4.69) is 35.3 Å². The molecule has 1 saturated carbocycles. The van der Waals surface area contributed by atoms with Gasteiger partial charge >= 0.3 is 0 Å². The normalized spacial score (nSPS) is 28.1. The van der Waals surface area contributed by atoms with E-state index >= 15 is 0 Å². The predicted octanol–water partition coefficient (Wildman–Crippen LogP) is 3.28. The Morgan fingerprint density at radius 1 is 1.14 bits per heavy atom. The van der Waals surface area contributed by atoms with Gasteiger partial charge in [0.25, 0.3) is 0 Å². The number of fused-ring (bicyclic) bond motifs is 1. The number of benzene rings is 1. The SMILES string of the molecule is CC1CNC2(CCCC2)CN1Cc1ccc2c(c1)CCC2. The lowest BCUT2D eigenvalue weighted by Crippen LogP contribution is -2.62. The Kier molecular flexibility index (Phi) is 3.55. The molecular formula is C19H28N2. The maximum absolute atomic E-state index is 3.86. The zero-order chi connectivity index (χ0) is 14.3. The van der Waals surface area contributed by atoms with Crippen molar-refractivity contribution in [1.82, 2.24) is 10.2 Å². The number of aryl methyl sites for hydroxylation is 2. The van der Waals surface area contributed by atoms with E-state index in [1.807, 2.05) is 0 Å². The summed E-state index contributed by atoms with van der Waals surface area (Å²) in [7, 11) is 0. The predicted molar refractivity (Wildman–Crippen MR) is 87.5 cm³/mol. The quantitative estimate of drug-likeness (QED) is 0.896. The lowest BCUT2D eigenvalue weighted by atomic mass is 9.92. The average Bonchev–Trinajstić information content (AvgIpc) is 3.12. The van der Waals surface area contributed by atoms with Crippen LogP contribution in [0.4, 0.5) is 0 Å². The minimum atomic E-state index is 0.434. The van der Waals surface area contributed by atoms with Gasteiger partial charge in [-0.3, -0.25) is 4.90 Å². The van der Waals surface area contributed by atoms with Crippen molar-refractivity contribution in [3.8, 4) is 0 Å². The van der Waals surface area contributed by atoms with E-state index in [4.69, 9.17) is 0 Å². The molecule has 0 bridgehead atoms. The molecule has 1 heterocycles. The van der Waals surface area contributed by atoms with Gasteiger partial charge in [-0.05, 0) is 55.7 Å². The van der Waals surface area contributed by atoms with Crippen molar-refractivity contribution >= 4 is 0 Å². The molecule has 1 N–H and O–H groups in total. The second kappa shape index (κ2) is 5.40. The molecule has 1 aromatic carbocycles. The summed E-state index contributed by atoms with van der Waals surface area (Å²) in [6.45, 7) is 5.91. The van der Waals surface area contributed by atoms with E-state index in [9.17, 15) is 0 Å². The van der Waals surface area contributed by atoms with Gasteiger partial charge in [-0.2, -0.15) is 0 Å². The van der Waals surface area contributed by atoms with Crippen LogP contribution in [0.25, 0.3) is 0 Å². The Morgan fingerprint density at radius 2 is 1.95 bits per heavy atom. The zero-order valence-corrected chi connectivity index (χ0v) is 13.3. The number of nitrogens with zero attached hydrogens (tertiary/aromatic N) is 1. The fourth-order valence-electron chi connectivity index (χ4n) is 4.65. The number of piperazine rings is 1. The van der Waals surface area contributed by atoms with Gasteiger partial charge < -0.3 is 5.32 Å². The van der Waals surface area contributed by atoms with E-state index < -0.39 is 0 Å². The van der Waals surface area contributed by atoms with Gasteiger partial charge in [0.1, 0.15) is 0 Å². The Morgan fingerprint density at radius 3 is 2.81 bits per heavy atom. The molecule has 114 valence electrons. The second-order valence-corrected chi connectivity index (χ2v) is 7.58. The monoisotopic (exact) mass is 284 g/mol. The molecule has 21 heavy (non-hydrogen) atoms. The van der Waals surface area contributed by atoms with Crippen LogP contribution < -0.4 is 5.32 Å². The summed E-state index contributed by atoms with van der Waals surface area (Å²) < 4.78 is 0. The molecule has 2 heteroatoms. The molecular weight excluding hydrogens is 256 g/mol. The van der Waals surface area contributed by atoms with Crippen molar-refractivity contribution < 1.29 is 0 Å². The van der Waals surface area contributed by atoms with Crippen LogP contribution in [0.1, 0.15) is 55.7 Å². The van der Waals surface area contributed by atoms with E-state index in [-0.39, 0.29) is 0 Å². The molecule has 0 radical (unpaired) electrons. The fourth-order valence-corrected chi connectivity index (χ4v) is 4.65. The maximum Gasteiger partial charge on any atom is 0.0309 e. The molecule has 1 aromatic rings. The van der Waals surface area contributed by atoms with Gasteiger partial charge in [-0.15, -0.1) is 0 Å². The lowest BCUT2D eigenvalue weighted by molar-refractivity contribution is 0.0826. The summed E-state index contributed by atoms with van der Waals surface area (Å²) in [6, 6.07) is 7.90. The first kappa shape index (κ1) is 13.8. The highest BCUT2D eigenvalue weighted by molar-refractivity contribution is 5.35. The lowest BCUT2D eigenvalue weighted by Gasteiger charge is -2.45. The standard InChI is InChI=1S/C19H28N2/c1-15-12-20-19(9-2-3-10-19)14-21(15)13-16-7-8-17-5-4-6-18(17)11-16/h7-8,11,15,20H,2-6,9-10,12-14H2,1H3. The number of rotatable bonds is 2. The number of hydrogen-bond donors (Lipinski definition) is 1. The molecule has 1 unspecified atom stereocenters. The Balaban J connectivity index is 1.49. The minimum Gasteiger partial charge on any atom is -0.308 e. The highest BCUT2D eigenvalue weighted by atomic mass is 15.2. The summed E-state index contributed by atoms with van der Waals surface area (Å²) in [5, 5.41) is 3.86. The van der Waals surface area contributed by atoms with Crippen molar-refractivity contribution in [3.63, 3.8) is 0 Å². The molecule has 3 aliphatic rings. The second-order valence-electron chi connectivity index (χ2n) is 7.58. The first-order valence-electron chi connectivity index (χ1n) is 8.84. The van der Waals surface area contributed by atoms with Crippen LogP contribution in [-0.2, 0) is 19.4 Å². The smallest absolute Gasteiger partial charge is 0.0309 e. The Hall–Kier alpha value is -0.860. The molecule has 0 amide bonds. The van der Waals surface area contributed by atoms with Crippen molar-refractivity contribution in [2.75, 3.05) is 13.1 Å². The van der Waals surface area contributed by atoms with Gasteiger partial charge in [0, 0.05) is 31.2 Å². The van der Waals surface area contributed by atoms with Gasteiger partial charge in [0.2, 0.25) is 0 Å². The van der Waals surface area contributed by atoms with Crippen LogP contribution in [0.5, 0.6) is 0 Å². The molecule has 2 fully saturated rings.